The molecule has 2 aromatic rings. The monoisotopic (exact) mass is 221 g/mol. The lowest BCUT2D eigenvalue weighted by Gasteiger charge is -2.01. The number of hydrogen-bond acceptors (Lipinski definition) is 4. The van der Waals surface area contributed by atoms with Gasteiger partial charge in [-0.25, -0.2) is 4.39 Å². The highest BCUT2D eigenvalue weighted by molar-refractivity contribution is 5.52. The Morgan fingerprint density at radius 3 is 2.94 bits per heavy atom. The van der Waals surface area contributed by atoms with Crippen LogP contribution in [-0.4, -0.2) is 17.2 Å². The van der Waals surface area contributed by atoms with Crippen LogP contribution in [0, 0.1) is 5.82 Å². The normalized spacial score (nSPS) is 12.7. The van der Waals surface area contributed by atoms with Gasteiger partial charge >= 0.3 is 0 Å². The molecule has 1 atom stereocenters. The van der Waals surface area contributed by atoms with Crippen LogP contribution in [0.3, 0.4) is 0 Å². The van der Waals surface area contributed by atoms with Crippen molar-refractivity contribution in [1.82, 2.24) is 15.5 Å². The maximum Gasteiger partial charge on any atom is 0.258 e. The van der Waals surface area contributed by atoms with Crippen molar-refractivity contribution in [2.45, 2.75) is 13.0 Å². The van der Waals surface area contributed by atoms with Gasteiger partial charge in [0.2, 0.25) is 0 Å². The summed E-state index contributed by atoms with van der Waals surface area (Å²) >= 11 is 0. The van der Waals surface area contributed by atoms with Crippen molar-refractivity contribution < 1.29 is 8.91 Å². The minimum Gasteiger partial charge on any atom is -0.334 e. The van der Waals surface area contributed by atoms with E-state index in [9.17, 15) is 4.39 Å². The number of hydrogen-bond donors (Lipinski definition) is 1. The SMILES string of the molecule is CNC(C)c1noc(-c2cccc(F)c2)n1. The van der Waals surface area contributed by atoms with E-state index in [4.69, 9.17) is 4.52 Å². The first kappa shape index (κ1) is 10.8. The minimum absolute atomic E-state index is 0.00561. The van der Waals surface area contributed by atoms with Crippen LogP contribution in [0.5, 0.6) is 0 Å². The second kappa shape index (κ2) is 4.40. The van der Waals surface area contributed by atoms with E-state index in [-0.39, 0.29) is 11.9 Å². The van der Waals surface area contributed by atoms with Crippen LogP contribution >= 0.6 is 0 Å². The molecule has 1 aromatic carbocycles. The van der Waals surface area contributed by atoms with Gasteiger partial charge in [-0.2, -0.15) is 4.98 Å². The van der Waals surface area contributed by atoms with Crippen LogP contribution in [0.15, 0.2) is 28.8 Å². The average molecular weight is 221 g/mol. The van der Waals surface area contributed by atoms with E-state index in [0.717, 1.165) is 0 Å². The summed E-state index contributed by atoms with van der Waals surface area (Å²) in [6.45, 7) is 1.92. The van der Waals surface area contributed by atoms with Crippen LogP contribution < -0.4 is 5.32 Å². The van der Waals surface area contributed by atoms with Gasteiger partial charge in [-0.1, -0.05) is 11.2 Å². The van der Waals surface area contributed by atoms with Gasteiger partial charge in [0.15, 0.2) is 5.82 Å². The molecule has 1 aromatic heterocycles. The fourth-order valence-corrected chi connectivity index (χ4v) is 1.28. The first-order chi connectivity index (χ1) is 7.70. The molecule has 0 saturated carbocycles. The Labute approximate surface area is 92.5 Å². The van der Waals surface area contributed by atoms with Crippen molar-refractivity contribution >= 4 is 0 Å². The van der Waals surface area contributed by atoms with Crippen molar-refractivity contribution in [2.75, 3.05) is 7.05 Å². The molecule has 5 heteroatoms. The third-order valence-electron chi connectivity index (χ3n) is 2.33. The molecule has 2 rings (SSSR count). The predicted octanol–water partition coefficient (Wildman–Crippen LogP) is 2.16. The van der Waals surface area contributed by atoms with Gasteiger partial charge in [0, 0.05) is 5.56 Å². The summed E-state index contributed by atoms with van der Waals surface area (Å²) in [6.07, 6.45) is 0. The zero-order valence-corrected chi connectivity index (χ0v) is 9.07. The summed E-state index contributed by atoms with van der Waals surface area (Å²) in [6, 6.07) is 6.07. The van der Waals surface area contributed by atoms with Gasteiger partial charge in [0.1, 0.15) is 5.82 Å². The maximum absolute atomic E-state index is 13.0. The number of nitrogens with zero attached hydrogens (tertiary/aromatic N) is 2. The number of halogens is 1. The van der Waals surface area contributed by atoms with E-state index in [1.54, 1.807) is 12.1 Å². The van der Waals surface area contributed by atoms with Gasteiger partial charge in [0.05, 0.1) is 6.04 Å². The Bertz CT molecular complexity index is 484. The average Bonchev–Trinajstić information content (AvgIpc) is 2.77. The Balaban J connectivity index is 2.31. The standard InChI is InChI=1S/C11H12FN3O/c1-7(13-2)10-14-11(16-15-10)8-4-3-5-9(12)6-8/h3-7,13H,1-2H3. The molecule has 0 aliphatic heterocycles. The first-order valence-corrected chi connectivity index (χ1v) is 4.97. The zero-order chi connectivity index (χ0) is 11.5. The topological polar surface area (TPSA) is 51.0 Å². The van der Waals surface area contributed by atoms with Gasteiger partial charge in [-0.15, -0.1) is 0 Å². The van der Waals surface area contributed by atoms with Gasteiger partial charge in [-0.3, -0.25) is 0 Å². The lowest BCUT2D eigenvalue weighted by molar-refractivity contribution is 0.413. The Morgan fingerprint density at radius 2 is 2.25 bits per heavy atom. The zero-order valence-electron chi connectivity index (χ0n) is 9.07. The summed E-state index contributed by atoms with van der Waals surface area (Å²) in [5, 5.41) is 6.82. The molecule has 0 bridgehead atoms. The van der Waals surface area contributed by atoms with Crippen LogP contribution in [0.25, 0.3) is 11.5 Å². The molecule has 1 N–H and O–H groups in total. The fraction of sp³-hybridized carbons (Fsp3) is 0.273. The second-order valence-electron chi connectivity index (χ2n) is 3.48. The molecule has 1 unspecified atom stereocenters. The molecule has 84 valence electrons. The highest BCUT2D eigenvalue weighted by Gasteiger charge is 2.13. The van der Waals surface area contributed by atoms with Crippen LogP contribution in [-0.2, 0) is 0 Å². The number of aromatic nitrogens is 2. The molecule has 0 aliphatic carbocycles. The van der Waals surface area contributed by atoms with Crippen LogP contribution in [0.1, 0.15) is 18.8 Å². The van der Waals surface area contributed by atoms with E-state index in [1.807, 2.05) is 14.0 Å². The quantitative estimate of drug-likeness (QED) is 0.862. The summed E-state index contributed by atoms with van der Waals surface area (Å²) in [5.74, 6) is 0.567. The van der Waals surface area contributed by atoms with Gasteiger partial charge in [-0.05, 0) is 32.2 Å². The Morgan fingerprint density at radius 1 is 1.44 bits per heavy atom. The van der Waals surface area contributed by atoms with Gasteiger partial charge in [0.25, 0.3) is 5.89 Å². The van der Waals surface area contributed by atoms with Gasteiger partial charge < -0.3 is 9.84 Å². The molecule has 0 spiro atoms. The highest BCUT2D eigenvalue weighted by Crippen LogP contribution is 2.19. The molecule has 0 amide bonds. The van der Waals surface area contributed by atoms with Crippen molar-refractivity contribution in [3.05, 3.63) is 35.9 Å². The second-order valence-corrected chi connectivity index (χ2v) is 3.48. The van der Waals surface area contributed by atoms with Crippen molar-refractivity contribution in [1.29, 1.82) is 0 Å². The lowest BCUT2D eigenvalue weighted by atomic mass is 10.2. The largest absolute Gasteiger partial charge is 0.334 e. The number of nitrogens with one attached hydrogen (secondary N) is 1. The van der Waals surface area contributed by atoms with Crippen molar-refractivity contribution in [2.24, 2.45) is 0 Å². The third-order valence-corrected chi connectivity index (χ3v) is 2.33. The molecule has 0 saturated heterocycles. The summed E-state index contributed by atoms with van der Waals surface area (Å²) in [5.41, 5.74) is 0.585. The molecular weight excluding hydrogens is 209 g/mol. The molecular formula is C11H12FN3O. The van der Waals surface area contributed by atoms with Crippen molar-refractivity contribution in [3.8, 4) is 11.5 Å². The molecule has 4 nitrogen and oxygen atoms in total. The smallest absolute Gasteiger partial charge is 0.258 e. The lowest BCUT2D eigenvalue weighted by Crippen LogP contribution is -2.13. The van der Waals surface area contributed by atoms with E-state index in [2.05, 4.69) is 15.5 Å². The number of rotatable bonds is 3. The maximum atomic E-state index is 13.0. The molecule has 1 heterocycles. The third kappa shape index (κ3) is 2.09. The Hall–Kier alpha value is -1.75. The molecule has 0 radical (unpaired) electrons. The van der Waals surface area contributed by atoms with E-state index in [0.29, 0.717) is 17.3 Å². The van der Waals surface area contributed by atoms with Crippen LogP contribution in [0.4, 0.5) is 4.39 Å². The predicted molar refractivity (Wildman–Crippen MR) is 57.2 cm³/mol. The van der Waals surface area contributed by atoms with Crippen molar-refractivity contribution in [3.63, 3.8) is 0 Å². The first-order valence-electron chi connectivity index (χ1n) is 4.97. The van der Waals surface area contributed by atoms with E-state index >= 15 is 0 Å². The summed E-state index contributed by atoms with van der Waals surface area (Å²) in [4.78, 5) is 4.19. The number of benzene rings is 1. The molecule has 16 heavy (non-hydrogen) atoms. The molecule has 0 fully saturated rings. The fourth-order valence-electron chi connectivity index (χ4n) is 1.28. The van der Waals surface area contributed by atoms with E-state index < -0.39 is 0 Å². The minimum atomic E-state index is -0.320. The van der Waals surface area contributed by atoms with E-state index in [1.165, 1.54) is 12.1 Å². The van der Waals surface area contributed by atoms with Crippen LogP contribution in [0.2, 0.25) is 0 Å². The molecule has 0 aliphatic rings. The summed E-state index contributed by atoms with van der Waals surface area (Å²) in [7, 11) is 1.81. The summed E-state index contributed by atoms with van der Waals surface area (Å²) < 4.78 is 18.0. The highest BCUT2D eigenvalue weighted by atomic mass is 19.1. The Kier molecular flexibility index (Phi) is 2.96.